The Bertz CT molecular complexity index is 866. The number of hydrogen-bond donors (Lipinski definition) is 1. The molecule has 2 amide bonds. The smallest absolute Gasteiger partial charge is 0.454 e. The molecule has 2 saturated heterocycles. The maximum atomic E-state index is 13.0. The zero-order valence-corrected chi connectivity index (χ0v) is 15.5. The van der Waals surface area contributed by atoms with Gasteiger partial charge in [-0.15, -0.1) is 20.5 Å². The first kappa shape index (κ1) is 18.8. The number of fused-ring (bicyclic) bond motifs is 2. The summed E-state index contributed by atoms with van der Waals surface area (Å²) in [5, 5.41) is 2.43. The summed E-state index contributed by atoms with van der Waals surface area (Å²) in [6, 6.07) is 3.04. The molecule has 0 unspecified atom stereocenters. The van der Waals surface area contributed by atoms with E-state index >= 15 is 0 Å². The van der Waals surface area contributed by atoms with E-state index in [2.05, 4.69) is 14.8 Å². The van der Waals surface area contributed by atoms with Crippen LogP contribution in [0.15, 0.2) is 18.2 Å². The maximum absolute atomic E-state index is 13.0. The zero-order valence-electron chi connectivity index (χ0n) is 14.7. The number of ether oxygens (including phenoxy) is 3. The second kappa shape index (κ2) is 6.50. The first-order valence-electron chi connectivity index (χ1n) is 8.49. The minimum Gasteiger partial charge on any atom is -0.454 e. The minimum atomic E-state index is -3.75. The number of amides is 2. The molecule has 2 fully saturated rings. The topological polar surface area (TPSA) is 94.2 Å². The van der Waals surface area contributed by atoms with Gasteiger partial charge in [0.2, 0.25) is 5.91 Å². The van der Waals surface area contributed by atoms with Gasteiger partial charge in [-0.05, 0) is 25.5 Å². The molecule has 150 valence electrons. The summed E-state index contributed by atoms with van der Waals surface area (Å²) in [7, 11) is 0. The van der Waals surface area contributed by atoms with Crippen molar-refractivity contribution < 1.29 is 37.4 Å². The number of alkyl halides is 2. The number of carbonyl (C=O) groups is 3. The van der Waals surface area contributed by atoms with Gasteiger partial charge in [-0.25, -0.2) is 4.79 Å². The fourth-order valence-electron chi connectivity index (χ4n) is 3.45. The number of esters is 1. The van der Waals surface area contributed by atoms with Crippen LogP contribution in [0, 0.1) is 0 Å². The summed E-state index contributed by atoms with van der Waals surface area (Å²) in [5.74, 6) is -1.34. The summed E-state index contributed by atoms with van der Waals surface area (Å²) in [5.41, 5.74) is 0.180. The van der Waals surface area contributed by atoms with E-state index in [0.29, 0.717) is 18.6 Å². The maximum Gasteiger partial charge on any atom is 0.586 e. The van der Waals surface area contributed by atoms with Crippen LogP contribution in [0.25, 0.3) is 0 Å². The number of anilines is 1. The van der Waals surface area contributed by atoms with Crippen molar-refractivity contribution in [3.63, 3.8) is 0 Å². The molecule has 3 aliphatic rings. The molecule has 1 aromatic carbocycles. The van der Waals surface area contributed by atoms with Crippen LogP contribution in [0.1, 0.15) is 19.8 Å². The van der Waals surface area contributed by atoms with Gasteiger partial charge in [0.05, 0.1) is 4.87 Å². The first-order chi connectivity index (χ1) is 13.2. The summed E-state index contributed by atoms with van der Waals surface area (Å²) in [6.45, 7) is 1.34. The fourth-order valence-corrected chi connectivity index (χ4v) is 4.87. The molecular weight excluding hydrogens is 398 g/mol. The minimum absolute atomic E-state index is 0.101. The van der Waals surface area contributed by atoms with E-state index < -0.39 is 35.7 Å². The summed E-state index contributed by atoms with van der Waals surface area (Å²) >= 11 is 1.52. The van der Waals surface area contributed by atoms with E-state index in [-0.39, 0.29) is 23.1 Å². The van der Waals surface area contributed by atoms with Crippen molar-refractivity contribution in [3.8, 4) is 11.5 Å². The van der Waals surface area contributed by atoms with Crippen LogP contribution in [0.3, 0.4) is 0 Å². The molecule has 0 radical (unpaired) electrons. The van der Waals surface area contributed by atoms with Crippen molar-refractivity contribution in [2.24, 2.45) is 0 Å². The lowest BCUT2D eigenvalue weighted by Crippen LogP contribution is -2.47. The van der Waals surface area contributed by atoms with E-state index in [1.54, 1.807) is 0 Å². The molecule has 11 heteroatoms. The third kappa shape index (κ3) is 3.34. The number of rotatable bonds is 4. The molecule has 0 saturated carbocycles. The van der Waals surface area contributed by atoms with Gasteiger partial charge in [-0.3, -0.25) is 9.59 Å². The predicted octanol–water partition coefficient (Wildman–Crippen LogP) is 1.94. The lowest BCUT2D eigenvalue weighted by Gasteiger charge is -2.29. The van der Waals surface area contributed by atoms with Crippen LogP contribution in [0.2, 0.25) is 0 Å². The van der Waals surface area contributed by atoms with Crippen molar-refractivity contribution in [3.05, 3.63) is 18.2 Å². The highest BCUT2D eigenvalue weighted by molar-refractivity contribution is 8.01. The van der Waals surface area contributed by atoms with Crippen LogP contribution in [0.5, 0.6) is 11.5 Å². The molecule has 0 bridgehead atoms. The molecule has 4 rings (SSSR count). The highest BCUT2D eigenvalue weighted by atomic mass is 32.2. The third-order valence-electron chi connectivity index (χ3n) is 4.75. The van der Waals surface area contributed by atoms with Crippen molar-refractivity contribution in [2.75, 3.05) is 17.7 Å². The SMILES string of the molecule is C[C@@]12CCC(=O)N1[C@@H](C(=O)OCC(=O)Nc1ccc3c(c1)OC(F)(F)O3)CS2. The second-order valence-corrected chi connectivity index (χ2v) is 8.25. The van der Waals surface area contributed by atoms with E-state index in [4.69, 9.17) is 4.74 Å². The molecule has 28 heavy (non-hydrogen) atoms. The Morgan fingerprint density at radius 3 is 2.89 bits per heavy atom. The molecule has 3 aliphatic heterocycles. The number of hydrogen-bond acceptors (Lipinski definition) is 7. The van der Waals surface area contributed by atoms with Crippen molar-refractivity contribution in [2.45, 2.75) is 37.0 Å². The van der Waals surface area contributed by atoms with Crippen LogP contribution >= 0.6 is 11.8 Å². The Morgan fingerprint density at radius 1 is 1.36 bits per heavy atom. The average molecular weight is 414 g/mol. The molecule has 1 N–H and O–H groups in total. The van der Waals surface area contributed by atoms with E-state index in [1.165, 1.54) is 34.9 Å². The number of carbonyl (C=O) groups excluding carboxylic acids is 3. The van der Waals surface area contributed by atoms with Gasteiger partial charge >= 0.3 is 12.3 Å². The molecule has 0 spiro atoms. The number of thioether (sulfide) groups is 1. The van der Waals surface area contributed by atoms with Gasteiger partial charge in [0.1, 0.15) is 6.04 Å². The van der Waals surface area contributed by atoms with E-state index in [9.17, 15) is 23.2 Å². The number of halogens is 2. The van der Waals surface area contributed by atoms with Gasteiger partial charge < -0.3 is 24.4 Å². The molecule has 3 heterocycles. The van der Waals surface area contributed by atoms with Crippen LogP contribution in [0.4, 0.5) is 14.5 Å². The van der Waals surface area contributed by atoms with Crippen molar-refractivity contribution >= 4 is 35.2 Å². The number of nitrogens with one attached hydrogen (secondary N) is 1. The molecule has 8 nitrogen and oxygen atoms in total. The monoisotopic (exact) mass is 414 g/mol. The Labute approximate surface area is 162 Å². The van der Waals surface area contributed by atoms with Gasteiger partial charge in [0.15, 0.2) is 18.1 Å². The highest BCUT2D eigenvalue weighted by Gasteiger charge is 2.53. The van der Waals surface area contributed by atoms with Gasteiger partial charge in [-0.1, -0.05) is 0 Å². The van der Waals surface area contributed by atoms with Gasteiger partial charge in [-0.2, -0.15) is 0 Å². The summed E-state index contributed by atoms with van der Waals surface area (Å²) in [6.07, 6.45) is -2.69. The zero-order chi connectivity index (χ0) is 20.1. The molecule has 0 aromatic heterocycles. The Hall–Kier alpha value is -2.56. The highest BCUT2D eigenvalue weighted by Crippen LogP contribution is 2.47. The number of nitrogens with zero attached hydrogens (tertiary/aromatic N) is 1. The van der Waals surface area contributed by atoms with Crippen molar-refractivity contribution in [1.29, 1.82) is 0 Å². The Balaban J connectivity index is 1.32. The average Bonchev–Trinajstić information content (AvgIpc) is 3.22. The summed E-state index contributed by atoms with van der Waals surface area (Å²) < 4.78 is 39.7. The lowest BCUT2D eigenvalue weighted by atomic mass is 10.2. The first-order valence-corrected chi connectivity index (χ1v) is 9.48. The van der Waals surface area contributed by atoms with Gasteiger partial charge in [0, 0.05) is 23.9 Å². The molecular formula is C17H16F2N2O6S. The molecule has 1 aromatic rings. The fraction of sp³-hybridized carbons (Fsp3) is 0.471. The van der Waals surface area contributed by atoms with Crippen LogP contribution < -0.4 is 14.8 Å². The predicted molar refractivity (Wildman–Crippen MR) is 93.0 cm³/mol. The van der Waals surface area contributed by atoms with Gasteiger partial charge in [0.25, 0.3) is 5.91 Å². The Morgan fingerprint density at radius 2 is 2.11 bits per heavy atom. The van der Waals surface area contributed by atoms with E-state index in [1.807, 2.05) is 6.92 Å². The quantitative estimate of drug-likeness (QED) is 0.753. The number of benzene rings is 1. The molecule has 2 atom stereocenters. The lowest BCUT2D eigenvalue weighted by molar-refractivity contribution is -0.286. The van der Waals surface area contributed by atoms with Crippen LogP contribution in [-0.4, -0.2) is 52.3 Å². The van der Waals surface area contributed by atoms with Crippen molar-refractivity contribution in [1.82, 2.24) is 4.90 Å². The largest absolute Gasteiger partial charge is 0.586 e. The van der Waals surface area contributed by atoms with E-state index in [0.717, 1.165) is 0 Å². The standard InChI is InChI=1S/C17H16F2N2O6S/c1-16-5-4-14(23)21(16)10(8-28-16)15(24)25-7-13(22)20-9-2-3-11-12(6-9)27-17(18,19)26-11/h2-3,6,10H,4-5,7-8H2,1H3,(H,20,22)/t10-,16-/m1/s1. The normalized spacial score (nSPS) is 26.9. The third-order valence-corrected chi connectivity index (χ3v) is 6.25. The second-order valence-electron chi connectivity index (χ2n) is 6.75. The summed E-state index contributed by atoms with van der Waals surface area (Å²) in [4.78, 5) is 37.5. The Kier molecular flexibility index (Phi) is 4.36. The molecule has 0 aliphatic carbocycles. The van der Waals surface area contributed by atoms with Crippen LogP contribution in [-0.2, 0) is 19.1 Å².